The first-order valence-corrected chi connectivity index (χ1v) is 12.5. The summed E-state index contributed by atoms with van der Waals surface area (Å²) in [5.41, 5.74) is 1.17. The minimum atomic E-state index is -0.134. The summed E-state index contributed by atoms with van der Waals surface area (Å²) in [4.78, 5) is 31.3. The summed E-state index contributed by atoms with van der Waals surface area (Å²) in [7, 11) is 0. The van der Waals surface area contributed by atoms with E-state index in [1.807, 2.05) is 49.1 Å². The molecule has 1 aromatic carbocycles. The van der Waals surface area contributed by atoms with E-state index in [4.69, 9.17) is 4.74 Å². The van der Waals surface area contributed by atoms with Crippen LogP contribution in [0.15, 0.2) is 41.8 Å². The average molecular weight is 457 g/mol. The van der Waals surface area contributed by atoms with Gasteiger partial charge in [-0.3, -0.25) is 9.59 Å². The van der Waals surface area contributed by atoms with Crippen LogP contribution in [0.1, 0.15) is 57.0 Å². The molecule has 5 nitrogen and oxygen atoms in total. The molecular formula is C26H36N2O3S. The number of hydrogen-bond donors (Lipinski definition) is 0. The van der Waals surface area contributed by atoms with Crippen molar-refractivity contribution in [3.05, 3.63) is 52.2 Å². The lowest BCUT2D eigenvalue weighted by atomic mass is 10.00. The van der Waals surface area contributed by atoms with Crippen molar-refractivity contribution >= 4 is 23.2 Å². The summed E-state index contributed by atoms with van der Waals surface area (Å²) in [6.07, 6.45) is 2.22. The first kappa shape index (κ1) is 24.3. The molecule has 0 bridgehead atoms. The molecule has 32 heavy (non-hydrogen) atoms. The minimum absolute atomic E-state index is 0.00405. The van der Waals surface area contributed by atoms with Crippen LogP contribution in [0.4, 0.5) is 0 Å². The first-order valence-electron chi connectivity index (χ1n) is 11.7. The van der Waals surface area contributed by atoms with E-state index in [1.54, 1.807) is 16.2 Å². The van der Waals surface area contributed by atoms with Crippen molar-refractivity contribution in [2.45, 2.75) is 53.0 Å². The largest absolute Gasteiger partial charge is 0.491 e. The molecule has 2 aromatic rings. The van der Waals surface area contributed by atoms with Gasteiger partial charge in [-0.25, -0.2) is 0 Å². The van der Waals surface area contributed by atoms with E-state index >= 15 is 0 Å². The Morgan fingerprint density at radius 2 is 1.88 bits per heavy atom. The molecule has 1 aliphatic heterocycles. The van der Waals surface area contributed by atoms with Gasteiger partial charge in [0.2, 0.25) is 11.8 Å². The van der Waals surface area contributed by atoms with Crippen molar-refractivity contribution < 1.29 is 14.3 Å². The van der Waals surface area contributed by atoms with E-state index in [9.17, 15) is 9.59 Å². The molecule has 0 saturated carbocycles. The van der Waals surface area contributed by atoms with Crippen molar-refractivity contribution in [3.63, 3.8) is 0 Å². The molecular weight excluding hydrogens is 420 g/mol. The molecule has 0 saturated heterocycles. The fourth-order valence-electron chi connectivity index (χ4n) is 4.00. The summed E-state index contributed by atoms with van der Waals surface area (Å²) < 4.78 is 6.07. The van der Waals surface area contributed by atoms with E-state index in [1.165, 1.54) is 10.4 Å². The van der Waals surface area contributed by atoms with Crippen molar-refractivity contribution in [3.8, 4) is 5.75 Å². The molecule has 2 heterocycles. The highest BCUT2D eigenvalue weighted by atomic mass is 32.1. The second kappa shape index (κ2) is 11.5. The Hall–Kier alpha value is -2.34. The summed E-state index contributed by atoms with van der Waals surface area (Å²) >= 11 is 1.74. The average Bonchev–Trinajstić information content (AvgIpc) is 3.24. The number of benzene rings is 1. The first-order chi connectivity index (χ1) is 15.3. The fraction of sp³-hybridized carbons (Fsp3) is 0.538. The zero-order chi connectivity index (χ0) is 23.1. The van der Waals surface area contributed by atoms with Gasteiger partial charge in [0.05, 0.1) is 12.6 Å². The second-order valence-corrected chi connectivity index (χ2v) is 10.4. The van der Waals surface area contributed by atoms with Crippen LogP contribution in [0.3, 0.4) is 0 Å². The van der Waals surface area contributed by atoms with Gasteiger partial charge in [-0.2, -0.15) is 0 Å². The SMILES string of the molecule is CC(C)CCN(CC(=O)N1CCc2sccc2C1COc1ccccc1)C(=O)CC(C)C. The zero-order valence-electron chi connectivity index (χ0n) is 19.8. The fourth-order valence-corrected chi connectivity index (χ4v) is 4.93. The highest BCUT2D eigenvalue weighted by molar-refractivity contribution is 7.10. The van der Waals surface area contributed by atoms with Crippen LogP contribution in [0.5, 0.6) is 5.75 Å². The molecule has 0 aliphatic carbocycles. The number of para-hydroxylation sites is 1. The van der Waals surface area contributed by atoms with Gasteiger partial charge in [-0.05, 0) is 53.8 Å². The number of ether oxygens (including phenoxy) is 1. The zero-order valence-corrected chi connectivity index (χ0v) is 20.6. The summed E-state index contributed by atoms with van der Waals surface area (Å²) in [5.74, 6) is 1.63. The number of nitrogens with zero attached hydrogens (tertiary/aromatic N) is 2. The summed E-state index contributed by atoms with van der Waals surface area (Å²) in [5, 5.41) is 2.09. The molecule has 0 spiro atoms. The molecule has 1 unspecified atom stereocenters. The lowest BCUT2D eigenvalue weighted by Crippen LogP contribution is -2.48. The van der Waals surface area contributed by atoms with Gasteiger partial charge in [0.25, 0.3) is 0 Å². The Labute approximate surface area is 196 Å². The number of hydrogen-bond acceptors (Lipinski definition) is 4. The Balaban J connectivity index is 1.74. The molecule has 6 heteroatoms. The van der Waals surface area contributed by atoms with Crippen LogP contribution in [0, 0.1) is 11.8 Å². The van der Waals surface area contributed by atoms with E-state index < -0.39 is 0 Å². The van der Waals surface area contributed by atoms with Crippen LogP contribution >= 0.6 is 11.3 Å². The molecule has 2 amide bonds. The lowest BCUT2D eigenvalue weighted by Gasteiger charge is -2.37. The molecule has 1 atom stereocenters. The molecule has 1 aromatic heterocycles. The summed E-state index contributed by atoms with van der Waals surface area (Å²) in [6, 6.07) is 11.7. The van der Waals surface area contributed by atoms with E-state index in [0.29, 0.717) is 32.0 Å². The Kier molecular flexibility index (Phi) is 8.74. The third kappa shape index (κ3) is 6.58. The standard InChI is InChI=1S/C26H36N2O3S/c1-19(2)10-13-27(25(29)16-20(3)4)17-26(30)28-14-11-24-22(12-15-32-24)23(28)18-31-21-8-6-5-7-9-21/h5-9,12,15,19-20,23H,10-11,13-14,16-18H2,1-4H3. The normalized spacial score (nSPS) is 15.7. The van der Waals surface area contributed by atoms with Crippen LogP contribution < -0.4 is 4.74 Å². The van der Waals surface area contributed by atoms with Gasteiger partial charge >= 0.3 is 0 Å². The number of amides is 2. The number of fused-ring (bicyclic) bond motifs is 1. The van der Waals surface area contributed by atoms with Crippen LogP contribution in [-0.4, -0.2) is 47.9 Å². The monoisotopic (exact) mass is 456 g/mol. The maximum absolute atomic E-state index is 13.5. The summed E-state index contributed by atoms with van der Waals surface area (Å²) in [6.45, 7) is 10.2. The number of carbonyl (C=O) groups is 2. The maximum Gasteiger partial charge on any atom is 0.242 e. The predicted molar refractivity (Wildman–Crippen MR) is 130 cm³/mol. The number of carbonyl (C=O) groups excluding carboxylic acids is 2. The Bertz CT molecular complexity index is 878. The molecule has 174 valence electrons. The van der Waals surface area contributed by atoms with E-state index in [2.05, 4.69) is 25.3 Å². The van der Waals surface area contributed by atoms with Crippen LogP contribution in [0.2, 0.25) is 0 Å². The third-order valence-corrected chi connectivity index (χ3v) is 6.80. The maximum atomic E-state index is 13.5. The molecule has 0 N–H and O–H groups in total. The van der Waals surface area contributed by atoms with Gasteiger partial charge in [0, 0.05) is 24.4 Å². The Morgan fingerprint density at radius 1 is 1.12 bits per heavy atom. The lowest BCUT2D eigenvalue weighted by molar-refractivity contribution is -0.143. The van der Waals surface area contributed by atoms with Crippen molar-refractivity contribution in [2.75, 3.05) is 26.2 Å². The molecule has 1 aliphatic rings. The van der Waals surface area contributed by atoms with Crippen molar-refractivity contribution in [1.82, 2.24) is 9.80 Å². The molecule has 0 fully saturated rings. The van der Waals surface area contributed by atoms with E-state index in [-0.39, 0.29) is 30.3 Å². The second-order valence-electron chi connectivity index (χ2n) is 9.37. The van der Waals surface area contributed by atoms with E-state index in [0.717, 1.165) is 18.6 Å². The van der Waals surface area contributed by atoms with Gasteiger partial charge in [-0.1, -0.05) is 45.9 Å². The smallest absolute Gasteiger partial charge is 0.242 e. The minimum Gasteiger partial charge on any atom is -0.491 e. The van der Waals surface area contributed by atoms with Gasteiger partial charge in [-0.15, -0.1) is 11.3 Å². The van der Waals surface area contributed by atoms with Gasteiger partial charge in [0.1, 0.15) is 12.4 Å². The Morgan fingerprint density at radius 3 is 2.56 bits per heavy atom. The quantitative estimate of drug-likeness (QED) is 0.495. The van der Waals surface area contributed by atoms with Crippen molar-refractivity contribution in [2.24, 2.45) is 11.8 Å². The molecule has 0 radical (unpaired) electrons. The number of thiophene rings is 1. The van der Waals surface area contributed by atoms with Crippen molar-refractivity contribution in [1.29, 1.82) is 0 Å². The highest BCUT2D eigenvalue weighted by Gasteiger charge is 2.33. The van der Waals surface area contributed by atoms with Gasteiger partial charge in [0.15, 0.2) is 0 Å². The predicted octanol–water partition coefficient (Wildman–Crippen LogP) is 5.17. The molecule has 3 rings (SSSR count). The topological polar surface area (TPSA) is 49.9 Å². The van der Waals surface area contributed by atoms with Crippen LogP contribution in [-0.2, 0) is 16.0 Å². The van der Waals surface area contributed by atoms with Gasteiger partial charge < -0.3 is 14.5 Å². The van der Waals surface area contributed by atoms with Crippen LogP contribution in [0.25, 0.3) is 0 Å². The highest BCUT2D eigenvalue weighted by Crippen LogP contribution is 2.34. The third-order valence-electron chi connectivity index (χ3n) is 5.80. The number of rotatable bonds is 10.